The Morgan fingerprint density at radius 3 is 2.47 bits per heavy atom. The predicted octanol–water partition coefficient (Wildman–Crippen LogP) is 1.42. The Morgan fingerprint density at radius 1 is 1.29 bits per heavy atom. The highest BCUT2D eigenvalue weighted by Gasteiger charge is 2.16. The van der Waals surface area contributed by atoms with Crippen LogP contribution in [0.1, 0.15) is 18.6 Å². The van der Waals surface area contributed by atoms with E-state index < -0.39 is 6.10 Å². The molecule has 1 aromatic carbocycles. The molecule has 0 spiro atoms. The molecule has 3 unspecified atom stereocenters. The number of thioether (sulfide) groups is 1. The molecule has 0 fully saturated rings. The molecule has 0 aromatic heterocycles. The van der Waals surface area contributed by atoms with Crippen molar-refractivity contribution in [1.29, 1.82) is 0 Å². The highest BCUT2D eigenvalue weighted by molar-refractivity contribution is 7.99. The van der Waals surface area contributed by atoms with Crippen molar-refractivity contribution in [1.82, 2.24) is 5.32 Å². The fourth-order valence-corrected chi connectivity index (χ4v) is 2.31. The van der Waals surface area contributed by atoms with Crippen LogP contribution in [0.25, 0.3) is 0 Å². The van der Waals surface area contributed by atoms with E-state index in [9.17, 15) is 5.11 Å². The maximum atomic E-state index is 9.96. The van der Waals surface area contributed by atoms with E-state index in [2.05, 4.69) is 5.32 Å². The quantitative estimate of drug-likeness (QED) is 0.690. The van der Waals surface area contributed by atoms with Gasteiger partial charge in [0.15, 0.2) is 0 Å². The van der Waals surface area contributed by atoms with Crippen molar-refractivity contribution >= 4 is 11.8 Å². The second kappa shape index (κ2) is 7.71. The van der Waals surface area contributed by atoms with Gasteiger partial charge in [0.1, 0.15) is 0 Å². The first-order chi connectivity index (χ1) is 8.19. The van der Waals surface area contributed by atoms with Gasteiger partial charge >= 0.3 is 0 Å². The number of benzene rings is 1. The summed E-state index contributed by atoms with van der Waals surface area (Å²) in [5.41, 5.74) is 0.914. The Kier molecular flexibility index (Phi) is 6.58. The highest BCUT2D eigenvalue weighted by Crippen LogP contribution is 2.13. The third-order valence-electron chi connectivity index (χ3n) is 2.86. The van der Waals surface area contributed by atoms with Crippen molar-refractivity contribution in [2.24, 2.45) is 0 Å². The molecule has 17 heavy (non-hydrogen) atoms. The lowest BCUT2D eigenvalue weighted by Crippen LogP contribution is -2.39. The Bertz CT molecular complexity index is 304. The summed E-state index contributed by atoms with van der Waals surface area (Å²) in [5.74, 6) is 0. The van der Waals surface area contributed by atoms with E-state index in [0.717, 1.165) is 5.56 Å². The molecule has 0 radical (unpaired) electrons. The van der Waals surface area contributed by atoms with Crippen LogP contribution in [0.2, 0.25) is 0 Å². The maximum absolute atomic E-state index is 9.96. The third kappa shape index (κ3) is 4.68. The molecule has 0 heterocycles. The lowest BCUT2D eigenvalue weighted by atomic mass is 10.1. The molecule has 0 saturated heterocycles. The lowest BCUT2D eigenvalue weighted by molar-refractivity contribution is 0.167. The molecule has 0 bridgehead atoms. The van der Waals surface area contributed by atoms with Gasteiger partial charge in [-0.3, -0.25) is 0 Å². The normalized spacial score (nSPS) is 16.5. The molecule has 0 aliphatic carbocycles. The van der Waals surface area contributed by atoms with Crippen molar-refractivity contribution in [2.45, 2.75) is 24.3 Å². The van der Waals surface area contributed by atoms with Crippen LogP contribution in [-0.4, -0.2) is 40.9 Å². The lowest BCUT2D eigenvalue weighted by Gasteiger charge is -2.23. The van der Waals surface area contributed by atoms with E-state index in [0.29, 0.717) is 6.54 Å². The minimum Gasteiger partial charge on any atom is -0.395 e. The Morgan fingerprint density at radius 2 is 1.94 bits per heavy atom. The van der Waals surface area contributed by atoms with Crippen LogP contribution >= 0.6 is 11.8 Å². The van der Waals surface area contributed by atoms with Crippen molar-refractivity contribution in [3.8, 4) is 0 Å². The molecule has 0 saturated carbocycles. The third-order valence-corrected chi connectivity index (χ3v) is 4.02. The van der Waals surface area contributed by atoms with Crippen LogP contribution in [0, 0.1) is 0 Å². The molecule has 96 valence electrons. The molecule has 0 aliphatic heterocycles. The summed E-state index contributed by atoms with van der Waals surface area (Å²) in [6.45, 7) is 2.67. The zero-order valence-electron chi connectivity index (χ0n) is 10.3. The molecule has 1 aromatic rings. The van der Waals surface area contributed by atoms with Crippen LogP contribution in [0.3, 0.4) is 0 Å². The van der Waals surface area contributed by atoms with Gasteiger partial charge in [-0.1, -0.05) is 30.3 Å². The Balaban J connectivity index is 2.40. The molecule has 1 rings (SSSR count). The van der Waals surface area contributed by atoms with Crippen molar-refractivity contribution in [2.75, 3.05) is 19.4 Å². The average molecular weight is 255 g/mol. The SMILES string of the molecule is CSC(CO)C(C)NCC(O)c1ccccc1. The van der Waals surface area contributed by atoms with Gasteiger partial charge < -0.3 is 15.5 Å². The monoisotopic (exact) mass is 255 g/mol. The number of rotatable bonds is 7. The van der Waals surface area contributed by atoms with E-state index in [1.54, 1.807) is 11.8 Å². The number of aliphatic hydroxyl groups is 2. The molecular weight excluding hydrogens is 234 g/mol. The Labute approximate surface area is 107 Å². The van der Waals surface area contributed by atoms with Gasteiger partial charge in [-0.05, 0) is 18.7 Å². The van der Waals surface area contributed by atoms with Crippen LogP contribution in [0.4, 0.5) is 0 Å². The van der Waals surface area contributed by atoms with Gasteiger partial charge in [0.2, 0.25) is 0 Å². The molecule has 3 atom stereocenters. The van der Waals surface area contributed by atoms with Gasteiger partial charge in [-0.2, -0.15) is 11.8 Å². The van der Waals surface area contributed by atoms with Crippen molar-refractivity contribution in [3.63, 3.8) is 0 Å². The second-order valence-corrected chi connectivity index (χ2v) is 5.16. The molecular formula is C13H21NO2S. The summed E-state index contributed by atoms with van der Waals surface area (Å²) in [6, 6.07) is 9.76. The first-order valence-electron chi connectivity index (χ1n) is 5.79. The standard InChI is InChI=1S/C13H21NO2S/c1-10(13(9-15)17-2)14-8-12(16)11-6-4-3-5-7-11/h3-7,10,12-16H,8-9H2,1-2H3. The summed E-state index contributed by atoms with van der Waals surface area (Å²) < 4.78 is 0. The average Bonchev–Trinajstić information content (AvgIpc) is 2.38. The first-order valence-corrected chi connectivity index (χ1v) is 7.08. The van der Waals surface area contributed by atoms with Gasteiger partial charge in [0, 0.05) is 17.8 Å². The predicted molar refractivity (Wildman–Crippen MR) is 73.3 cm³/mol. The molecule has 3 N–H and O–H groups in total. The molecule has 4 heteroatoms. The van der Waals surface area contributed by atoms with Gasteiger partial charge in [0.25, 0.3) is 0 Å². The molecule has 3 nitrogen and oxygen atoms in total. The van der Waals surface area contributed by atoms with Crippen LogP contribution < -0.4 is 5.32 Å². The fraction of sp³-hybridized carbons (Fsp3) is 0.538. The number of aliphatic hydroxyl groups excluding tert-OH is 2. The minimum atomic E-state index is -0.500. The maximum Gasteiger partial charge on any atom is 0.0914 e. The van der Waals surface area contributed by atoms with Gasteiger partial charge in [0.05, 0.1) is 12.7 Å². The van der Waals surface area contributed by atoms with E-state index in [-0.39, 0.29) is 17.9 Å². The highest BCUT2D eigenvalue weighted by atomic mass is 32.2. The summed E-state index contributed by atoms with van der Waals surface area (Å²) in [6.07, 6.45) is 1.48. The summed E-state index contributed by atoms with van der Waals surface area (Å²) in [4.78, 5) is 0. The Hall–Kier alpha value is -0.550. The number of nitrogens with one attached hydrogen (secondary N) is 1. The number of hydrogen-bond donors (Lipinski definition) is 3. The van der Waals surface area contributed by atoms with Gasteiger partial charge in [-0.15, -0.1) is 0 Å². The summed E-state index contributed by atoms with van der Waals surface area (Å²) in [5, 5.41) is 22.5. The van der Waals surface area contributed by atoms with Crippen molar-refractivity contribution in [3.05, 3.63) is 35.9 Å². The first kappa shape index (κ1) is 14.5. The minimum absolute atomic E-state index is 0.150. The van der Waals surface area contributed by atoms with Crippen molar-refractivity contribution < 1.29 is 10.2 Å². The van der Waals surface area contributed by atoms with Gasteiger partial charge in [-0.25, -0.2) is 0 Å². The largest absolute Gasteiger partial charge is 0.395 e. The fourth-order valence-electron chi connectivity index (χ4n) is 1.66. The van der Waals surface area contributed by atoms with E-state index in [4.69, 9.17) is 5.11 Å². The van der Waals surface area contributed by atoms with Crippen LogP contribution in [0.5, 0.6) is 0 Å². The summed E-state index contributed by atoms with van der Waals surface area (Å²) in [7, 11) is 0. The topological polar surface area (TPSA) is 52.5 Å². The van der Waals surface area contributed by atoms with Crippen LogP contribution in [-0.2, 0) is 0 Å². The van der Waals surface area contributed by atoms with E-state index in [1.807, 2.05) is 43.5 Å². The second-order valence-electron chi connectivity index (χ2n) is 4.08. The molecule has 0 amide bonds. The molecule has 0 aliphatic rings. The zero-order valence-corrected chi connectivity index (χ0v) is 11.2. The summed E-state index contributed by atoms with van der Waals surface area (Å²) >= 11 is 1.63. The van der Waals surface area contributed by atoms with Crippen LogP contribution in [0.15, 0.2) is 30.3 Å². The zero-order chi connectivity index (χ0) is 12.7. The van der Waals surface area contributed by atoms with E-state index >= 15 is 0 Å². The number of hydrogen-bond acceptors (Lipinski definition) is 4. The van der Waals surface area contributed by atoms with E-state index in [1.165, 1.54) is 0 Å². The smallest absolute Gasteiger partial charge is 0.0914 e.